The number of hydrogen-bond donors (Lipinski definition) is 0. The van der Waals surface area contributed by atoms with Crippen LogP contribution >= 0.6 is 0 Å². The maximum absolute atomic E-state index is 11.9. The van der Waals surface area contributed by atoms with Gasteiger partial charge in [0.2, 0.25) is 5.78 Å². The van der Waals surface area contributed by atoms with Gasteiger partial charge in [-0.15, -0.1) is 0 Å². The van der Waals surface area contributed by atoms with Crippen molar-refractivity contribution in [2.45, 2.75) is 52.0 Å². The fraction of sp³-hybridized carbons (Fsp3) is 0.609. The predicted molar refractivity (Wildman–Crippen MR) is 117 cm³/mol. The molecule has 30 heavy (non-hydrogen) atoms. The molecule has 7 nitrogen and oxygen atoms in total. The van der Waals surface area contributed by atoms with Crippen LogP contribution in [0.5, 0.6) is 0 Å². The lowest BCUT2D eigenvalue weighted by atomic mass is 10.1. The maximum Gasteiger partial charge on any atom is 0.263 e. The molecule has 7 heteroatoms. The monoisotopic (exact) mass is 414 g/mol. The normalized spacial score (nSPS) is 14.4. The summed E-state index contributed by atoms with van der Waals surface area (Å²) in [6.07, 6.45) is 10.9. The van der Waals surface area contributed by atoms with Gasteiger partial charge in [0, 0.05) is 32.3 Å². The molecule has 1 aliphatic rings. The standard InChI is InChI=1S/C23H34N4O3/c1-2-11-26(12-6-4-3-5-7-21(28)23-24-10-15-30-23)19-20-8-9-22(25-18-20)27-13-16-29-17-14-27/h8-10,15,18H,2-7,11-14,16-17,19H2,1H3. The Balaban J connectivity index is 1.35. The van der Waals surface area contributed by atoms with Crippen molar-refractivity contribution in [3.05, 3.63) is 42.2 Å². The molecule has 0 aromatic carbocycles. The summed E-state index contributed by atoms with van der Waals surface area (Å²) in [7, 11) is 0. The topological polar surface area (TPSA) is 71.7 Å². The minimum Gasteiger partial charge on any atom is -0.442 e. The van der Waals surface area contributed by atoms with Gasteiger partial charge in [0.15, 0.2) is 0 Å². The van der Waals surface area contributed by atoms with E-state index >= 15 is 0 Å². The summed E-state index contributed by atoms with van der Waals surface area (Å²) < 4.78 is 10.5. The third-order valence-corrected chi connectivity index (χ3v) is 5.39. The lowest BCUT2D eigenvalue weighted by Gasteiger charge is -2.28. The third kappa shape index (κ3) is 7.22. The first-order valence-electron chi connectivity index (χ1n) is 11.2. The fourth-order valence-electron chi connectivity index (χ4n) is 3.78. The highest BCUT2D eigenvalue weighted by Gasteiger charge is 2.13. The quantitative estimate of drug-likeness (QED) is 0.363. The van der Waals surface area contributed by atoms with Gasteiger partial charge in [-0.2, -0.15) is 0 Å². The maximum atomic E-state index is 11.9. The van der Waals surface area contributed by atoms with Crippen molar-refractivity contribution in [1.29, 1.82) is 0 Å². The van der Waals surface area contributed by atoms with Gasteiger partial charge in [-0.1, -0.05) is 25.8 Å². The molecule has 0 amide bonds. The van der Waals surface area contributed by atoms with Crippen molar-refractivity contribution in [3.63, 3.8) is 0 Å². The van der Waals surface area contributed by atoms with Crippen LogP contribution in [-0.4, -0.2) is 60.0 Å². The molecular weight excluding hydrogens is 380 g/mol. The molecular formula is C23H34N4O3. The first-order chi connectivity index (χ1) is 14.8. The van der Waals surface area contributed by atoms with Crippen LogP contribution in [0.25, 0.3) is 0 Å². The molecule has 3 heterocycles. The predicted octanol–water partition coefficient (Wildman–Crippen LogP) is 3.95. The molecule has 0 unspecified atom stereocenters. The largest absolute Gasteiger partial charge is 0.442 e. The van der Waals surface area contributed by atoms with Gasteiger partial charge in [0.05, 0.1) is 19.4 Å². The van der Waals surface area contributed by atoms with Gasteiger partial charge in [0.1, 0.15) is 12.1 Å². The summed E-state index contributed by atoms with van der Waals surface area (Å²) in [5.41, 5.74) is 1.26. The van der Waals surface area contributed by atoms with Gasteiger partial charge in [0.25, 0.3) is 5.89 Å². The van der Waals surface area contributed by atoms with E-state index in [-0.39, 0.29) is 11.7 Å². The van der Waals surface area contributed by atoms with E-state index in [9.17, 15) is 4.79 Å². The number of oxazole rings is 1. The summed E-state index contributed by atoms with van der Waals surface area (Å²) in [5, 5.41) is 0. The van der Waals surface area contributed by atoms with E-state index in [1.807, 2.05) is 6.20 Å². The van der Waals surface area contributed by atoms with E-state index in [4.69, 9.17) is 9.15 Å². The summed E-state index contributed by atoms with van der Waals surface area (Å²) in [6, 6.07) is 4.34. The second kappa shape index (κ2) is 12.4. The third-order valence-electron chi connectivity index (χ3n) is 5.39. The number of hydrogen-bond acceptors (Lipinski definition) is 7. The van der Waals surface area contributed by atoms with Crippen LogP contribution in [0.3, 0.4) is 0 Å². The number of carbonyl (C=O) groups excluding carboxylic acids is 1. The van der Waals surface area contributed by atoms with Crippen LogP contribution < -0.4 is 4.90 Å². The second-order valence-electron chi connectivity index (χ2n) is 7.82. The van der Waals surface area contributed by atoms with E-state index in [2.05, 4.69) is 38.8 Å². The van der Waals surface area contributed by atoms with Crippen LogP contribution in [0.15, 0.2) is 35.2 Å². The van der Waals surface area contributed by atoms with Gasteiger partial charge in [-0.3, -0.25) is 9.69 Å². The fourth-order valence-corrected chi connectivity index (χ4v) is 3.78. The van der Waals surface area contributed by atoms with Crippen molar-refractivity contribution in [3.8, 4) is 0 Å². The van der Waals surface area contributed by atoms with Gasteiger partial charge in [-0.05, 0) is 44.0 Å². The number of Topliss-reactive ketones (excluding diaryl/α,β-unsaturated/α-hetero) is 1. The molecule has 2 aromatic rings. The minimum absolute atomic E-state index is 0.000589. The highest BCUT2D eigenvalue weighted by molar-refractivity contribution is 5.91. The summed E-state index contributed by atoms with van der Waals surface area (Å²) in [6.45, 7) is 8.72. The number of rotatable bonds is 13. The van der Waals surface area contributed by atoms with Crippen LogP contribution in [-0.2, 0) is 11.3 Å². The Labute approximate surface area is 179 Å². The number of unbranched alkanes of at least 4 members (excludes halogenated alkanes) is 3. The van der Waals surface area contributed by atoms with Crippen LogP contribution in [0, 0.1) is 0 Å². The number of ketones is 1. The highest BCUT2D eigenvalue weighted by atomic mass is 16.5. The number of morpholine rings is 1. The molecule has 0 N–H and O–H groups in total. The average Bonchev–Trinajstić information content (AvgIpc) is 3.32. The molecule has 0 spiro atoms. The van der Waals surface area contributed by atoms with E-state index in [0.717, 1.165) is 83.9 Å². The van der Waals surface area contributed by atoms with Gasteiger partial charge >= 0.3 is 0 Å². The molecule has 1 aliphatic heterocycles. The molecule has 3 rings (SSSR count). The van der Waals surface area contributed by atoms with Gasteiger partial charge < -0.3 is 14.1 Å². The molecule has 1 saturated heterocycles. The number of pyridine rings is 1. The van der Waals surface area contributed by atoms with E-state index < -0.39 is 0 Å². The first kappa shape index (κ1) is 22.4. The molecule has 0 bridgehead atoms. The molecule has 0 aliphatic carbocycles. The summed E-state index contributed by atoms with van der Waals surface area (Å²) in [5.74, 6) is 1.28. The number of carbonyl (C=O) groups is 1. The minimum atomic E-state index is 0.000589. The average molecular weight is 415 g/mol. The Morgan fingerprint density at radius 3 is 2.63 bits per heavy atom. The Morgan fingerprint density at radius 1 is 1.10 bits per heavy atom. The van der Waals surface area contributed by atoms with Crippen molar-refractivity contribution < 1.29 is 13.9 Å². The summed E-state index contributed by atoms with van der Waals surface area (Å²) >= 11 is 0. The molecule has 0 atom stereocenters. The zero-order valence-corrected chi connectivity index (χ0v) is 18.1. The number of nitrogens with zero attached hydrogens (tertiary/aromatic N) is 4. The number of anilines is 1. The Hall–Kier alpha value is -2.25. The van der Waals surface area contributed by atoms with E-state index in [1.165, 1.54) is 18.0 Å². The van der Waals surface area contributed by atoms with Crippen LogP contribution in [0.1, 0.15) is 61.7 Å². The number of ether oxygens (including phenoxy) is 1. The zero-order chi connectivity index (χ0) is 21.0. The molecule has 164 valence electrons. The van der Waals surface area contributed by atoms with Crippen LogP contribution in [0.4, 0.5) is 5.82 Å². The van der Waals surface area contributed by atoms with Crippen LogP contribution in [0.2, 0.25) is 0 Å². The molecule has 2 aromatic heterocycles. The second-order valence-corrected chi connectivity index (χ2v) is 7.82. The lowest BCUT2D eigenvalue weighted by Crippen LogP contribution is -2.36. The first-order valence-corrected chi connectivity index (χ1v) is 11.2. The van der Waals surface area contributed by atoms with E-state index in [0.29, 0.717) is 6.42 Å². The summed E-state index contributed by atoms with van der Waals surface area (Å²) in [4.78, 5) is 25.2. The van der Waals surface area contributed by atoms with Crippen molar-refractivity contribution in [2.75, 3.05) is 44.3 Å². The van der Waals surface area contributed by atoms with Crippen molar-refractivity contribution in [1.82, 2.24) is 14.9 Å². The molecule has 0 saturated carbocycles. The molecule has 0 radical (unpaired) electrons. The Kier molecular flexibility index (Phi) is 9.31. The zero-order valence-electron chi connectivity index (χ0n) is 18.1. The molecule has 1 fully saturated rings. The lowest BCUT2D eigenvalue weighted by molar-refractivity contribution is 0.0945. The SMILES string of the molecule is CCCN(CCCCCCC(=O)c1ncco1)Cc1ccc(N2CCOCC2)nc1. The number of aromatic nitrogens is 2. The van der Waals surface area contributed by atoms with E-state index in [1.54, 1.807) is 0 Å². The smallest absolute Gasteiger partial charge is 0.263 e. The highest BCUT2D eigenvalue weighted by Crippen LogP contribution is 2.15. The van der Waals surface area contributed by atoms with Crippen molar-refractivity contribution >= 4 is 11.6 Å². The van der Waals surface area contributed by atoms with Gasteiger partial charge in [-0.25, -0.2) is 9.97 Å². The van der Waals surface area contributed by atoms with Crippen molar-refractivity contribution in [2.24, 2.45) is 0 Å². The Morgan fingerprint density at radius 2 is 1.93 bits per heavy atom. The Bertz CT molecular complexity index is 727.